The van der Waals surface area contributed by atoms with Gasteiger partial charge in [-0.1, -0.05) is 6.07 Å². The summed E-state index contributed by atoms with van der Waals surface area (Å²) in [5.41, 5.74) is 9.91. The van der Waals surface area contributed by atoms with Crippen LogP contribution in [0, 0.1) is 0 Å². The minimum atomic E-state index is -3.71. The highest BCUT2D eigenvalue weighted by atomic mass is 32.2. The molecule has 3 aliphatic heterocycles. The Hall–Kier alpha value is -3.09. The summed E-state index contributed by atoms with van der Waals surface area (Å²) < 4.78 is 27.2. The number of nitrogens with one attached hydrogen (secondary N) is 1. The molecule has 3 aromatic rings. The predicted octanol–water partition coefficient (Wildman–Crippen LogP) is 1.43. The smallest absolute Gasteiger partial charge is 0.248 e. The Kier molecular flexibility index (Phi) is 5.92. The quantitative estimate of drug-likeness (QED) is 0.448. The number of carbonyl (C=O) groups is 1. The van der Waals surface area contributed by atoms with Crippen LogP contribution in [0.3, 0.4) is 0 Å². The standard InChI is InChI=1S/C25H31N7O4S/c1-37(35,36)23-22(15-9-16-5-6-17(10-15)31(16)21(34)13-33)30-25-18(12-29-32(25)24(23)26)14-4-7-20(28-11-14)19-3-2-8-27-19/h4,7,11-12,15-17,19,27,33H,2-3,5-6,8-10,13,26H2,1H3/t15-,16+,17-,19?. The lowest BCUT2D eigenvalue weighted by Crippen LogP contribution is -2.47. The number of fused-ring (bicyclic) bond motifs is 3. The topological polar surface area (TPSA) is 156 Å². The van der Waals surface area contributed by atoms with Gasteiger partial charge in [0.25, 0.3) is 0 Å². The van der Waals surface area contributed by atoms with Crippen LogP contribution >= 0.6 is 0 Å². The van der Waals surface area contributed by atoms with E-state index in [1.165, 1.54) is 4.52 Å². The second kappa shape index (κ2) is 9.03. The summed E-state index contributed by atoms with van der Waals surface area (Å²) >= 11 is 0. The molecule has 0 aliphatic carbocycles. The van der Waals surface area contributed by atoms with Crippen LogP contribution in [0.15, 0.2) is 29.4 Å². The fraction of sp³-hybridized carbons (Fsp3) is 0.520. The molecule has 11 nitrogen and oxygen atoms in total. The highest BCUT2D eigenvalue weighted by molar-refractivity contribution is 7.91. The van der Waals surface area contributed by atoms with Crippen molar-refractivity contribution in [1.82, 2.24) is 29.8 Å². The number of aliphatic hydroxyl groups is 1. The Morgan fingerprint density at radius 1 is 1.19 bits per heavy atom. The van der Waals surface area contributed by atoms with Crippen LogP contribution in [0.25, 0.3) is 16.8 Å². The van der Waals surface area contributed by atoms with Crippen LogP contribution in [-0.4, -0.2) is 75.4 Å². The van der Waals surface area contributed by atoms with E-state index in [1.807, 2.05) is 12.1 Å². The monoisotopic (exact) mass is 525 g/mol. The molecule has 0 radical (unpaired) electrons. The van der Waals surface area contributed by atoms with Crippen LogP contribution < -0.4 is 11.1 Å². The van der Waals surface area contributed by atoms with Crippen LogP contribution in [-0.2, 0) is 14.6 Å². The van der Waals surface area contributed by atoms with Gasteiger partial charge in [-0.3, -0.25) is 9.78 Å². The average Bonchev–Trinajstić information content (AvgIpc) is 3.61. The van der Waals surface area contributed by atoms with Gasteiger partial charge in [-0.2, -0.15) is 9.61 Å². The second-order valence-corrected chi connectivity index (χ2v) is 12.4. The third-order valence-corrected chi connectivity index (χ3v) is 9.25. The molecule has 3 aliphatic rings. The normalized spacial score (nSPS) is 25.7. The van der Waals surface area contributed by atoms with Gasteiger partial charge in [-0.15, -0.1) is 0 Å². The van der Waals surface area contributed by atoms with Gasteiger partial charge in [0, 0.05) is 47.6 Å². The summed E-state index contributed by atoms with van der Waals surface area (Å²) in [5, 5.41) is 17.3. The molecule has 0 aromatic carbocycles. The Bertz CT molecular complexity index is 1450. The third kappa shape index (κ3) is 4.07. The van der Waals surface area contributed by atoms with Crippen LogP contribution in [0.1, 0.15) is 61.9 Å². The number of nitrogens with zero attached hydrogens (tertiary/aromatic N) is 5. The van der Waals surface area contributed by atoms with E-state index >= 15 is 0 Å². The minimum Gasteiger partial charge on any atom is -0.387 e. The summed E-state index contributed by atoms with van der Waals surface area (Å²) in [7, 11) is -3.71. The number of carbonyl (C=O) groups excluding carboxylic acids is 1. The average molecular weight is 526 g/mol. The van der Waals surface area contributed by atoms with Crippen molar-refractivity contribution in [3.63, 3.8) is 0 Å². The number of aromatic nitrogens is 4. The molecule has 4 atom stereocenters. The Morgan fingerprint density at radius 3 is 2.54 bits per heavy atom. The van der Waals surface area contributed by atoms with Crippen molar-refractivity contribution in [2.24, 2.45) is 0 Å². The molecule has 3 saturated heterocycles. The Balaban J connectivity index is 1.43. The number of nitrogen functional groups attached to an aromatic ring is 1. The molecule has 6 rings (SSSR count). The molecule has 0 saturated carbocycles. The number of pyridine rings is 1. The fourth-order valence-corrected chi connectivity index (χ4v) is 7.53. The van der Waals surface area contributed by atoms with Crippen LogP contribution in [0.2, 0.25) is 0 Å². The highest BCUT2D eigenvalue weighted by Crippen LogP contribution is 2.45. The lowest BCUT2D eigenvalue weighted by molar-refractivity contribution is -0.138. The number of nitrogens with two attached hydrogens (primary N) is 1. The summed E-state index contributed by atoms with van der Waals surface area (Å²) in [5.74, 6) is -0.428. The fourth-order valence-electron chi connectivity index (χ4n) is 6.48. The molecular formula is C25H31N7O4S. The lowest BCUT2D eigenvalue weighted by atomic mass is 9.87. The highest BCUT2D eigenvalue weighted by Gasteiger charge is 2.45. The minimum absolute atomic E-state index is 0.00163. The first-order chi connectivity index (χ1) is 17.8. The Labute approximate surface area is 215 Å². The van der Waals surface area contributed by atoms with E-state index in [1.54, 1.807) is 17.3 Å². The number of amides is 1. The zero-order chi connectivity index (χ0) is 25.9. The SMILES string of the molecule is CS(=O)(=O)c1c([C@H]2C[C@H]3CC[C@@H](C2)N3C(=O)CO)nc2c(-c3ccc(C4CCCN4)nc3)cnn2c1N. The number of aliphatic hydroxyl groups excluding tert-OH is 1. The molecule has 1 amide bonds. The first kappa shape index (κ1) is 24.3. The van der Waals surface area contributed by atoms with E-state index in [4.69, 9.17) is 10.7 Å². The molecule has 3 aromatic heterocycles. The van der Waals surface area contributed by atoms with E-state index in [-0.39, 0.29) is 40.7 Å². The van der Waals surface area contributed by atoms with Gasteiger partial charge in [0.15, 0.2) is 15.5 Å². The zero-order valence-electron chi connectivity index (χ0n) is 20.7. The van der Waals surface area contributed by atoms with Gasteiger partial charge < -0.3 is 21.1 Å². The van der Waals surface area contributed by atoms with Gasteiger partial charge in [0.2, 0.25) is 5.91 Å². The summed E-state index contributed by atoms with van der Waals surface area (Å²) in [6.45, 7) is 0.470. The summed E-state index contributed by atoms with van der Waals surface area (Å²) in [4.78, 5) is 23.7. The van der Waals surface area contributed by atoms with Crippen molar-refractivity contribution in [3.05, 3.63) is 35.9 Å². The molecule has 6 heterocycles. The van der Waals surface area contributed by atoms with Crippen molar-refractivity contribution in [2.75, 3.05) is 25.1 Å². The maximum Gasteiger partial charge on any atom is 0.248 e. The lowest BCUT2D eigenvalue weighted by Gasteiger charge is -2.39. The van der Waals surface area contributed by atoms with Gasteiger partial charge in [0.1, 0.15) is 17.3 Å². The first-order valence-corrected chi connectivity index (χ1v) is 14.6. The van der Waals surface area contributed by atoms with Crippen LogP contribution in [0.5, 0.6) is 0 Å². The van der Waals surface area contributed by atoms with Gasteiger partial charge in [-0.25, -0.2) is 13.4 Å². The molecule has 37 heavy (non-hydrogen) atoms. The maximum atomic E-state index is 12.9. The number of hydrogen-bond acceptors (Lipinski definition) is 9. The molecular weight excluding hydrogens is 494 g/mol. The number of hydrogen-bond donors (Lipinski definition) is 3. The molecule has 196 valence electrons. The summed E-state index contributed by atoms with van der Waals surface area (Å²) in [6, 6.07) is 4.14. The molecule has 4 N–H and O–H groups in total. The molecule has 12 heteroatoms. The first-order valence-electron chi connectivity index (χ1n) is 12.7. The van der Waals surface area contributed by atoms with Crippen molar-refractivity contribution in [3.8, 4) is 11.1 Å². The molecule has 0 spiro atoms. The number of piperidine rings is 1. The van der Waals surface area contributed by atoms with Crippen LogP contribution in [0.4, 0.5) is 5.82 Å². The van der Waals surface area contributed by atoms with Crippen molar-refractivity contribution < 1.29 is 18.3 Å². The van der Waals surface area contributed by atoms with Gasteiger partial charge in [-0.05, 0) is 51.1 Å². The summed E-state index contributed by atoms with van der Waals surface area (Å²) in [6.07, 6.45) is 9.56. The van der Waals surface area contributed by atoms with Crippen molar-refractivity contribution in [1.29, 1.82) is 0 Å². The number of rotatable bonds is 5. The van der Waals surface area contributed by atoms with E-state index in [9.17, 15) is 18.3 Å². The molecule has 3 fully saturated rings. The molecule has 1 unspecified atom stereocenters. The van der Waals surface area contributed by atoms with Crippen molar-refractivity contribution >= 4 is 27.2 Å². The van der Waals surface area contributed by atoms with E-state index < -0.39 is 16.4 Å². The number of anilines is 1. The number of sulfone groups is 1. The van der Waals surface area contributed by atoms with Gasteiger partial charge in [0.05, 0.1) is 17.6 Å². The second-order valence-electron chi connectivity index (χ2n) is 10.4. The Morgan fingerprint density at radius 2 is 1.95 bits per heavy atom. The third-order valence-electron chi connectivity index (χ3n) is 8.09. The predicted molar refractivity (Wildman–Crippen MR) is 136 cm³/mol. The van der Waals surface area contributed by atoms with E-state index in [0.29, 0.717) is 24.2 Å². The van der Waals surface area contributed by atoms with E-state index in [0.717, 1.165) is 55.3 Å². The van der Waals surface area contributed by atoms with Gasteiger partial charge >= 0.3 is 0 Å². The largest absolute Gasteiger partial charge is 0.387 e. The van der Waals surface area contributed by atoms with Crippen molar-refractivity contribution in [2.45, 2.75) is 67.5 Å². The van der Waals surface area contributed by atoms with E-state index in [2.05, 4.69) is 15.4 Å². The molecule has 2 bridgehead atoms. The zero-order valence-corrected chi connectivity index (χ0v) is 21.5. The maximum absolute atomic E-state index is 12.9.